The van der Waals surface area contributed by atoms with Crippen molar-refractivity contribution in [1.82, 2.24) is 9.80 Å². The van der Waals surface area contributed by atoms with Crippen molar-refractivity contribution < 1.29 is 14.0 Å². The Morgan fingerprint density at radius 1 is 1.00 bits per heavy atom. The molecule has 0 atom stereocenters. The van der Waals surface area contributed by atoms with Gasteiger partial charge in [0.25, 0.3) is 5.91 Å². The van der Waals surface area contributed by atoms with Crippen molar-refractivity contribution in [3.05, 3.63) is 47.2 Å². The largest absolute Gasteiger partial charge is 0.451 e. The zero-order valence-electron chi connectivity index (χ0n) is 13.5. The van der Waals surface area contributed by atoms with E-state index < -0.39 is 0 Å². The summed E-state index contributed by atoms with van der Waals surface area (Å²) in [5.74, 6) is 0.757. The van der Waals surface area contributed by atoms with E-state index in [1.165, 1.54) is 0 Å². The minimum Gasteiger partial charge on any atom is -0.451 e. The van der Waals surface area contributed by atoms with Gasteiger partial charge < -0.3 is 14.2 Å². The number of halogens is 1. The summed E-state index contributed by atoms with van der Waals surface area (Å²) in [6.45, 7) is 3.92. The fourth-order valence-electron chi connectivity index (χ4n) is 2.85. The van der Waals surface area contributed by atoms with Crippen molar-refractivity contribution in [2.75, 3.05) is 26.2 Å². The Hall–Kier alpha value is -2.27. The Bertz CT molecular complexity index is 756. The number of hydrogen-bond acceptors (Lipinski definition) is 3. The van der Waals surface area contributed by atoms with E-state index in [1.54, 1.807) is 34.9 Å². The van der Waals surface area contributed by atoms with E-state index in [4.69, 9.17) is 16.0 Å². The predicted molar refractivity (Wildman–Crippen MR) is 91.9 cm³/mol. The molecule has 0 aliphatic carbocycles. The SMILES string of the molecule is CC(=O)N1CCCN(C(=O)c2ccc(-c3ccccc3Cl)o2)CC1. The summed E-state index contributed by atoms with van der Waals surface area (Å²) in [5, 5.41) is 0.581. The highest BCUT2D eigenvalue weighted by Gasteiger charge is 2.23. The summed E-state index contributed by atoms with van der Waals surface area (Å²) in [4.78, 5) is 27.6. The third kappa shape index (κ3) is 3.46. The lowest BCUT2D eigenvalue weighted by Gasteiger charge is -2.20. The van der Waals surface area contributed by atoms with Crippen LogP contribution in [0.1, 0.15) is 23.9 Å². The van der Waals surface area contributed by atoms with E-state index in [-0.39, 0.29) is 11.8 Å². The second-order valence-corrected chi connectivity index (χ2v) is 6.20. The maximum absolute atomic E-state index is 12.7. The first-order valence-corrected chi connectivity index (χ1v) is 8.33. The molecular formula is C18H19ClN2O3. The van der Waals surface area contributed by atoms with Gasteiger partial charge in [-0.3, -0.25) is 9.59 Å². The van der Waals surface area contributed by atoms with E-state index in [9.17, 15) is 9.59 Å². The Kier molecular flexibility index (Phi) is 4.90. The average molecular weight is 347 g/mol. The van der Waals surface area contributed by atoms with E-state index in [0.29, 0.717) is 42.7 Å². The number of carbonyl (C=O) groups excluding carboxylic acids is 2. The van der Waals surface area contributed by atoms with Gasteiger partial charge in [0, 0.05) is 38.7 Å². The molecule has 1 aliphatic rings. The van der Waals surface area contributed by atoms with Crippen molar-refractivity contribution >= 4 is 23.4 Å². The second-order valence-electron chi connectivity index (χ2n) is 5.80. The molecule has 5 nitrogen and oxygen atoms in total. The number of hydrogen-bond donors (Lipinski definition) is 0. The van der Waals surface area contributed by atoms with Crippen LogP contribution in [0.25, 0.3) is 11.3 Å². The minimum atomic E-state index is -0.154. The molecular weight excluding hydrogens is 328 g/mol. The van der Waals surface area contributed by atoms with Gasteiger partial charge in [-0.1, -0.05) is 23.7 Å². The van der Waals surface area contributed by atoms with Gasteiger partial charge in [-0.05, 0) is 30.7 Å². The van der Waals surface area contributed by atoms with Crippen LogP contribution >= 0.6 is 11.6 Å². The first-order chi connectivity index (χ1) is 11.6. The number of amides is 2. The van der Waals surface area contributed by atoms with Crippen molar-refractivity contribution in [1.29, 1.82) is 0 Å². The molecule has 1 aromatic carbocycles. The van der Waals surface area contributed by atoms with Crippen molar-refractivity contribution in [2.24, 2.45) is 0 Å². The van der Waals surface area contributed by atoms with Crippen LogP contribution in [0.3, 0.4) is 0 Å². The van der Waals surface area contributed by atoms with Gasteiger partial charge in [-0.25, -0.2) is 0 Å². The Morgan fingerprint density at radius 3 is 2.46 bits per heavy atom. The molecule has 0 radical (unpaired) electrons. The lowest BCUT2D eigenvalue weighted by Crippen LogP contribution is -2.36. The smallest absolute Gasteiger partial charge is 0.289 e. The van der Waals surface area contributed by atoms with Gasteiger partial charge in [-0.2, -0.15) is 0 Å². The highest BCUT2D eigenvalue weighted by molar-refractivity contribution is 6.33. The summed E-state index contributed by atoms with van der Waals surface area (Å²) in [6, 6.07) is 10.8. The summed E-state index contributed by atoms with van der Waals surface area (Å²) in [5.41, 5.74) is 0.761. The highest BCUT2D eigenvalue weighted by Crippen LogP contribution is 2.29. The highest BCUT2D eigenvalue weighted by atomic mass is 35.5. The third-order valence-corrected chi connectivity index (χ3v) is 4.51. The molecule has 1 fully saturated rings. The van der Waals surface area contributed by atoms with Gasteiger partial charge in [-0.15, -0.1) is 0 Å². The lowest BCUT2D eigenvalue weighted by molar-refractivity contribution is -0.128. The van der Waals surface area contributed by atoms with Gasteiger partial charge in [0.15, 0.2) is 5.76 Å². The lowest BCUT2D eigenvalue weighted by atomic mass is 10.2. The van der Waals surface area contributed by atoms with Crippen LogP contribution in [0.15, 0.2) is 40.8 Å². The molecule has 0 saturated carbocycles. The number of benzene rings is 1. The number of furan rings is 1. The Labute approximate surface area is 145 Å². The van der Waals surface area contributed by atoms with Crippen LogP contribution in [0.5, 0.6) is 0 Å². The molecule has 6 heteroatoms. The first kappa shape index (κ1) is 16.6. The first-order valence-electron chi connectivity index (χ1n) is 7.96. The van der Waals surface area contributed by atoms with E-state index in [1.807, 2.05) is 18.2 Å². The number of nitrogens with zero attached hydrogens (tertiary/aromatic N) is 2. The molecule has 0 unspecified atom stereocenters. The quantitative estimate of drug-likeness (QED) is 0.838. The summed E-state index contributed by atoms with van der Waals surface area (Å²) < 4.78 is 5.72. The van der Waals surface area contributed by atoms with E-state index >= 15 is 0 Å². The van der Waals surface area contributed by atoms with Gasteiger partial charge in [0.1, 0.15) is 5.76 Å². The third-order valence-electron chi connectivity index (χ3n) is 4.18. The molecule has 1 aromatic heterocycles. The fraction of sp³-hybridized carbons (Fsp3) is 0.333. The molecule has 0 N–H and O–H groups in total. The summed E-state index contributed by atoms with van der Waals surface area (Å²) in [6.07, 6.45) is 0.767. The van der Waals surface area contributed by atoms with Crippen LogP contribution in [0.2, 0.25) is 5.02 Å². The molecule has 3 rings (SSSR count). The van der Waals surface area contributed by atoms with E-state index in [0.717, 1.165) is 12.0 Å². The van der Waals surface area contributed by atoms with Gasteiger partial charge in [0.05, 0.1) is 5.02 Å². The molecule has 2 aromatic rings. The molecule has 1 saturated heterocycles. The maximum Gasteiger partial charge on any atom is 0.289 e. The summed E-state index contributed by atoms with van der Waals surface area (Å²) in [7, 11) is 0. The molecule has 126 valence electrons. The van der Waals surface area contributed by atoms with Crippen LogP contribution in [-0.2, 0) is 4.79 Å². The van der Waals surface area contributed by atoms with Crippen molar-refractivity contribution in [3.8, 4) is 11.3 Å². The van der Waals surface area contributed by atoms with Crippen LogP contribution in [0, 0.1) is 0 Å². The number of carbonyl (C=O) groups is 2. The normalized spacial score (nSPS) is 15.2. The standard InChI is InChI=1S/C18H19ClN2O3/c1-13(22)20-9-4-10-21(12-11-20)18(23)17-8-7-16(24-17)14-5-2-3-6-15(14)19/h2-3,5-8H,4,9-12H2,1H3. The van der Waals surface area contributed by atoms with E-state index in [2.05, 4.69) is 0 Å². The Morgan fingerprint density at radius 2 is 1.71 bits per heavy atom. The van der Waals surface area contributed by atoms with Crippen LogP contribution in [0.4, 0.5) is 0 Å². The van der Waals surface area contributed by atoms with Gasteiger partial charge in [0.2, 0.25) is 5.91 Å². The summed E-state index contributed by atoms with van der Waals surface area (Å²) >= 11 is 6.17. The van der Waals surface area contributed by atoms with Crippen molar-refractivity contribution in [3.63, 3.8) is 0 Å². The number of rotatable bonds is 2. The molecule has 2 heterocycles. The Balaban J connectivity index is 1.74. The molecule has 0 spiro atoms. The van der Waals surface area contributed by atoms with Crippen LogP contribution < -0.4 is 0 Å². The van der Waals surface area contributed by atoms with Gasteiger partial charge >= 0.3 is 0 Å². The second kappa shape index (κ2) is 7.09. The molecule has 24 heavy (non-hydrogen) atoms. The molecule has 0 bridgehead atoms. The van der Waals surface area contributed by atoms with Crippen LogP contribution in [-0.4, -0.2) is 47.8 Å². The minimum absolute atomic E-state index is 0.0447. The topological polar surface area (TPSA) is 53.8 Å². The van der Waals surface area contributed by atoms with Crippen molar-refractivity contribution in [2.45, 2.75) is 13.3 Å². The maximum atomic E-state index is 12.7. The molecule has 1 aliphatic heterocycles. The monoisotopic (exact) mass is 346 g/mol. The molecule has 2 amide bonds. The average Bonchev–Trinajstić information content (AvgIpc) is 2.91. The predicted octanol–water partition coefficient (Wildman–Crippen LogP) is 3.29. The zero-order valence-corrected chi connectivity index (χ0v) is 14.3. The fourth-order valence-corrected chi connectivity index (χ4v) is 3.08. The zero-order chi connectivity index (χ0) is 17.1.